The van der Waals surface area contributed by atoms with Crippen molar-refractivity contribution in [2.24, 2.45) is 11.7 Å². The molecule has 1 atom stereocenters. The van der Waals surface area contributed by atoms with Gasteiger partial charge in [-0.05, 0) is 56.1 Å². The number of hydrogen-bond donors (Lipinski definition) is 2. The van der Waals surface area contributed by atoms with Crippen LogP contribution in [0.5, 0.6) is 0 Å². The van der Waals surface area contributed by atoms with E-state index in [2.05, 4.69) is 31.0 Å². The van der Waals surface area contributed by atoms with E-state index >= 15 is 0 Å². The standard InChI is InChI=1S/C21H27N3O2.C5H10.C3H8/c1-24(2)19(14-17-8-11-18(12-9-17)21(22)26)15-23-20(25)13-10-16-6-4-3-5-7-16;1-5-3-2-4-5;1-3-2/h3-9,11-12,19H,10,13-15H2,1-2H3,(H2,22,26)(H,23,25);5H,2-4H2,1H3;3H2,1-2H3. The van der Waals surface area contributed by atoms with Gasteiger partial charge in [-0.3, -0.25) is 9.59 Å². The summed E-state index contributed by atoms with van der Waals surface area (Å²) in [6.07, 6.45) is 7.72. The zero-order valence-electron chi connectivity index (χ0n) is 21.8. The highest BCUT2D eigenvalue weighted by Gasteiger charge is 2.14. The highest BCUT2D eigenvalue weighted by atomic mass is 16.1. The number of likely N-dealkylation sites (N-methyl/N-ethyl adjacent to an activating group) is 1. The minimum atomic E-state index is -0.425. The first-order valence-electron chi connectivity index (χ1n) is 12.6. The molecule has 0 aromatic heterocycles. The molecule has 1 unspecified atom stereocenters. The van der Waals surface area contributed by atoms with E-state index in [0.29, 0.717) is 18.5 Å². The summed E-state index contributed by atoms with van der Waals surface area (Å²) >= 11 is 0. The summed E-state index contributed by atoms with van der Waals surface area (Å²) in [6.45, 7) is 7.14. The van der Waals surface area contributed by atoms with Gasteiger partial charge < -0.3 is 16.0 Å². The molecule has 2 aromatic carbocycles. The highest BCUT2D eigenvalue weighted by molar-refractivity contribution is 5.92. The third kappa shape index (κ3) is 12.5. The van der Waals surface area contributed by atoms with Crippen LogP contribution in [-0.4, -0.2) is 43.4 Å². The molecular formula is C29H45N3O2. The van der Waals surface area contributed by atoms with Crippen LogP contribution in [0.25, 0.3) is 0 Å². The minimum Gasteiger partial charge on any atom is -0.366 e. The van der Waals surface area contributed by atoms with Crippen molar-refractivity contribution < 1.29 is 9.59 Å². The molecule has 1 aliphatic carbocycles. The van der Waals surface area contributed by atoms with Gasteiger partial charge >= 0.3 is 0 Å². The fourth-order valence-electron chi connectivity index (χ4n) is 3.35. The maximum absolute atomic E-state index is 12.1. The Labute approximate surface area is 207 Å². The minimum absolute atomic E-state index is 0.0600. The number of carbonyl (C=O) groups excluding carboxylic acids is 2. The number of amides is 2. The third-order valence-corrected chi connectivity index (χ3v) is 5.85. The van der Waals surface area contributed by atoms with Gasteiger partial charge in [0.25, 0.3) is 0 Å². The lowest BCUT2D eigenvalue weighted by Gasteiger charge is -2.25. The Balaban J connectivity index is 0.000000614. The molecule has 0 bridgehead atoms. The summed E-state index contributed by atoms with van der Waals surface area (Å²) in [6, 6.07) is 17.5. The van der Waals surface area contributed by atoms with E-state index in [-0.39, 0.29) is 11.9 Å². The molecule has 3 rings (SSSR count). The number of rotatable bonds is 9. The molecule has 1 saturated carbocycles. The fraction of sp³-hybridized carbons (Fsp3) is 0.517. The van der Waals surface area contributed by atoms with Crippen LogP contribution in [0.1, 0.15) is 74.4 Å². The van der Waals surface area contributed by atoms with Crippen LogP contribution in [0.2, 0.25) is 0 Å². The number of nitrogens with two attached hydrogens (primary N) is 1. The summed E-state index contributed by atoms with van der Waals surface area (Å²) in [7, 11) is 4.00. The Morgan fingerprint density at radius 1 is 1.00 bits per heavy atom. The van der Waals surface area contributed by atoms with E-state index in [1.54, 1.807) is 12.1 Å². The number of carbonyl (C=O) groups is 2. The van der Waals surface area contributed by atoms with Gasteiger partial charge in [-0.25, -0.2) is 0 Å². The molecule has 0 spiro atoms. The Bertz CT molecular complexity index is 815. The van der Waals surface area contributed by atoms with Gasteiger partial charge in [-0.15, -0.1) is 0 Å². The Kier molecular flexibility index (Phi) is 14.6. The molecule has 34 heavy (non-hydrogen) atoms. The van der Waals surface area contributed by atoms with Crippen molar-refractivity contribution in [1.82, 2.24) is 10.2 Å². The molecule has 2 amide bonds. The van der Waals surface area contributed by atoms with Crippen LogP contribution in [-0.2, 0) is 17.6 Å². The number of hydrogen-bond acceptors (Lipinski definition) is 3. The molecule has 2 aromatic rings. The van der Waals surface area contributed by atoms with Crippen LogP contribution in [0.3, 0.4) is 0 Å². The maximum Gasteiger partial charge on any atom is 0.248 e. The lowest BCUT2D eigenvalue weighted by atomic mass is 9.88. The van der Waals surface area contributed by atoms with E-state index in [4.69, 9.17) is 5.73 Å². The van der Waals surface area contributed by atoms with Crippen LogP contribution < -0.4 is 11.1 Å². The molecule has 3 N–H and O–H groups in total. The van der Waals surface area contributed by atoms with Crippen LogP contribution in [0.4, 0.5) is 0 Å². The van der Waals surface area contributed by atoms with Crippen LogP contribution in [0, 0.1) is 5.92 Å². The van der Waals surface area contributed by atoms with E-state index < -0.39 is 5.91 Å². The highest BCUT2D eigenvalue weighted by Crippen LogP contribution is 2.24. The van der Waals surface area contributed by atoms with Gasteiger partial charge in [-0.2, -0.15) is 0 Å². The molecule has 1 fully saturated rings. The molecule has 0 saturated heterocycles. The summed E-state index contributed by atoms with van der Waals surface area (Å²) in [5.41, 5.74) is 8.05. The van der Waals surface area contributed by atoms with Crippen molar-refractivity contribution in [3.63, 3.8) is 0 Å². The van der Waals surface area contributed by atoms with Crippen LogP contribution in [0.15, 0.2) is 54.6 Å². The summed E-state index contributed by atoms with van der Waals surface area (Å²) < 4.78 is 0. The first-order chi connectivity index (χ1) is 16.3. The van der Waals surface area contributed by atoms with Gasteiger partial charge in [0.05, 0.1) is 0 Å². The summed E-state index contributed by atoms with van der Waals surface area (Å²) in [4.78, 5) is 25.4. The van der Waals surface area contributed by atoms with Gasteiger partial charge in [0.2, 0.25) is 11.8 Å². The first-order valence-corrected chi connectivity index (χ1v) is 12.6. The quantitative estimate of drug-likeness (QED) is 0.530. The lowest BCUT2D eigenvalue weighted by molar-refractivity contribution is -0.121. The molecule has 1 aliphatic rings. The summed E-state index contributed by atoms with van der Waals surface area (Å²) in [5.74, 6) is 0.700. The Morgan fingerprint density at radius 2 is 1.56 bits per heavy atom. The normalized spacial score (nSPS) is 13.5. The van der Waals surface area contributed by atoms with Gasteiger partial charge in [-0.1, -0.05) is 88.9 Å². The predicted molar refractivity (Wildman–Crippen MR) is 143 cm³/mol. The molecule has 5 nitrogen and oxygen atoms in total. The van der Waals surface area contributed by atoms with E-state index in [9.17, 15) is 9.59 Å². The second-order valence-corrected chi connectivity index (χ2v) is 9.42. The molecule has 0 radical (unpaired) electrons. The van der Waals surface area contributed by atoms with E-state index in [0.717, 1.165) is 24.3 Å². The average Bonchev–Trinajstić information content (AvgIpc) is 2.80. The monoisotopic (exact) mass is 467 g/mol. The molecular weight excluding hydrogens is 422 g/mol. The largest absolute Gasteiger partial charge is 0.366 e. The molecule has 0 aliphatic heterocycles. The number of aryl methyl sites for hydroxylation is 1. The van der Waals surface area contributed by atoms with Crippen molar-refractivity contribution in [2.75, 3.05) is 20.6 Å². The SMILES string of the molecule is CC1CCC1.CCC.CN(C)C(CNC(=O)CCc1ccccc1)Cc1ccc(C(N)=O)cc1. The van der Waals surface area contributed by atoms with Crippen molar-refractivity contribution in [3.05, 3.63) is 71.3 Å². The molecule has 5 heteroatoms. The van der Waals surface area contributed by atoms with Crippen LogP contribution >= 0.6 is 0 Å². The average molecular weight is 468 g/mol. The fourth-order valence-corrected chi connectivity index (χ4v) is 3.35. The number of nitrogens with one attached hydrogen (secondary N) is 1. The van der Waals surface area contributed by atoms with E-state index in [1.807, 2.05) is 56.6 Å². The van der Waals surface area contributed by atoms with Crippen molar-refractivity contribution in [2.45, 2.75) is 71.8 Å². The topological polar surface area (TPSA) is 75.4 Å². The van der Waals surface area contributed by atoms with Gasteiger partial charge in [0.15, 0.2) is 0 Å². The zero-order valence-corrected chi connectivity index (χ0v) is 21.8. The van der Waals surface area contributed by atoms with Crippen molar-refractivity contribution >= 4 is 11.8 Å². The second-order valence-electron chi connectivity index (χ2n) is 9.42. The van der Waals surface area contributed by atoms with Crippen molar-refractivity contribution in [1.29, 1.82) is 0 Å². The smallest absolute Gasteiger partial charge is 0.248 e. The third-order valence-electron chi connectivity index (χ3n) is 5.85. The first kappa shape index (κ1) is 29.4. The van der Waals surface area contributed by atoms with Crippen molar-refractivity contribution in [3.8, 4) is 0 Å². The zero-order chi connectivity index (χ0) is 25.3. The maximum atomic E-state index is 12.1. The van der Waals surface area contributed by atoms with Gasteiger partial charge in [0.1, 0.15) is 0 Å². The van der Waals surface area contributed by atoms with E-state index in [1.165, 1.54) is 31.2 Å². The molecule has 188 valence electrons. The number of primary amides is 1. The number of nitrogens with zero attached hydrogens (tertiary/aromatic N) is 1. The Morgan fingerprint density at radius 3 is 2.00 bits per heavy atom. The number of benzene rings is 2. The van der Waals surface area contributed by atoms with Gasteiger partial charge in [0, 0.05) is 24.6 Å². The molecule has 0 heterocycles. The lowest BCUT2D eigenvalue weighted by Crippen LogP contribution is -2.41. The predicted octanol–water partition coefficient (Wildman–Crippen LogP) is 5.23. The second kappa shape index (κ2) is 16.9. The summed E-state index contributed by atoms with van der Waals surface area (Å²) in [5, 5.41) is 3.03. The Hall–Kier alpha value is -2.66.